The lowest BCUT2D eigenvalue weighted by atomic mass is 10.2. The van der Waals surface area contributed by atoms with Crippen molar-refractivity contribution >= 4 is 41.3 Å². The van der Waals surface area contributed by atoms with Gasteiger partial charge in [0, 0.05) is 10.3 Å². The molecule has 1 N–H and O–H groups in total. The number of carbonyl (C=O) groups is 2. The van der Waals surface area contributed by atoms with E-state index in [0.29, 0.717) is 18.8 Å². The fraction of sp³-hybridized carbons (Fsp3) is 0.286. The smallest absolute Gasteiger partial charge is 0.345 e. The maximum absolute atomic E-state index is 12.4. The zero-order chi connectivity index (χ0) is 15.4. The first-order valence-electron chi connectivity index (χ1n) is 6.44. The summed E-state index contributed by atoms with van der Waals surface area (Å²) in [5.41, 5.74) is 0.281. The SMILES string of the molecule is CCOP(OCC)C(=O)c1ccc2sc(C(=O)O)cc2c1. The van der Waals surface area contributed by atoms with Gasteiger partial charge in [-0.3, -0.25) is 4.79 Å². The molecule has 5 nitrogen and oxygen atoms in total. The second kappa shape index (κ2) is 7.09. The van der Waals surface area contributed by atoms with Crippen molar-refractivity contribution in [1.82, 2.24) is 0 Å². The molecule has 0 saturated carbocycles. The summed E-state index contributed by atoms with van der Waals surface area (Å²) < 4.78 is 11.5. The van der Waals surface area contributed by atoms with Gasteiger partial charge in [0.25, 0.3) is 0 Å². The molecule has 0 atom stereocenters. The van der Waals surface area contributed by atoms with Crippen molar-refractivity contribution in [1.29, 1.82) is 0 Å². The normalized spacial score (nSPS) is 11.2. The lowest BCUT2D eigenvalue weighted by Gasteiger charge is -2.13. The van der Waals surface area contributed by atoms with Crippen molar-refractivity contribution in [2.24, 2.45) is 0 Å². The van der Waals surface area contributed by atoms with Crippen LogP contribution in [0.2, 0.25) is 0 Å². The van der Waals surface area contributed by atoms with Crippen LogP contribution < -0.4 is 0 Å². The van der Waals surface area contributed by atoms with Gasteiger partial charge >= 0.3 is 5.97 Å². The van der Waals surface area contributed by atoms with E-state index in [2.05, 4.69) is 0 Å². The predicted molar refractivity (Wildman–Crippen MR) is 83.3 cm³/mol. The minimum absolute atomic E-state index is 0.196. The van der Waals surface area contributed by atoms with Gasteiger partial charge in [-0.05, 0) is 43.5 Å². The van der Waals surface area contributed by atoms with Gasteiger partial charge in [0.2, 0.25) is 13.9 Å². The Morgan fingerprint density at radius 1 is 1.19 bits per heavy atom. The lowest BCUT2D eigenvalue weighted by molar-refractivity contribution is 0.0702. The summed E-state index contributed by atoms with van der Waals surface area (Å²) in [7, 11) is -1.61. The van der Waals surface area contributed by atoms with Crippen molar-refractivity contribution in [3.05, 3.63) is 34.7 Å². The summed E-state index contributed by atoms with van der Waals surface area (Å²) in [6.07, 6.45) is 0. The Labute approximate surface area is 127 Å². The van der Waals surface area contributed by atoms with Gasteiger partial charge in [-0.1, -0.05) is 0 Å². The molecule has 2 rings (SSSR count). The molecular weight excluding hydrogens is 311 g/mol. The molecule has 1 aromatic carbocycles. The molecule has 2 aromatic rings. The molecule has 0 aliphatic rings. The van der Waals surface area contributed by atoms with Crippen LogP contribution >= 0.6 is 19.7 Å². The average molecular weight is 326 g/mol. The Morgan fingerprint density at radius 3 is 2.43 bits per heavy atom. The zero-order valence-corrected chi connectivity index (χ0v) is 13.4. The topological polar surface area (TPSA) is 72.8 Å². The number of carbonyl (C=O) groups excluding carboxylic acids is 1. The van der Waals surface area contributed by atoms with Crippen molar-refractivity contribution in [3.63, 3.8) is 0 Å². The third-order valence-corrected chi connectivity index (χ3v) is 5.31. The standard InChI is InChI=1S/C14H15O5PS/c1-3-18-20(19-4-2)14(17)9-5-6-11-10(7-9)8-12(21-11)13(15)16/h5-8H,3-4H2,1-2H3,(H,15,16). The third-order valence-electron chi connectivity index (χ3n) is 2.63. The summed E-state index contributed by atoms with van der Waals surface area (Å²) in [6, 6.07) is 6.70. The number of aromatic carboxylic acids is 1. The number of thiophene rings is 1. The molecule has 0 saturated heterocycles. The van der Waals surface area contributed by atoms with Gasteiger partial charge in [-0.15, -0.1) is 11.3 Å². The molecule has 0 spiro atoms. The Morgan fingerprint density at radius 2 is 1.86 bits per heavy atom. The Balaban J connectivity index is 2.32. The molecular formula is C14H15O5PS. The largest absolute Gasteiger partial charge is 0.477 e. The van der Waals surface area contributed by atoms with Gasteiger partial charge in [0.15, 0.2) is 0 Å². The van der Waals surface area contributed by atoms with Crippen LogP contribution in [0.1, 0.15) is 33.9 Å². The van der Waals surface area contributed by atoms with Crippen LogP contribution in [0.25, 0.3) is 10.1 Å². The van der Waals surface area contributed by atoms with Crippen LogP contribution in [0.3, 0.4) is 0 Å². The minimum Gasteiger partial charge on any atom is -0.477 e. The molecule has 0 radical (unpaired) electrons. The molecule has 0 amide bonds. The second-order valence-electron chi connectivity index (χ2n) is 4.07. The van der Waals surface area contributed by atoms with Crippen LogP contribution in [-0.4, -0.2) is 29.8 Å². The molecule has 0 unspecified atom stereocenters. The van der Waals surface area contributed by atoms with E-state index in [-0.39, 0.29) is 10.4 Å². The van der Waals surface area contributed by atoms with Crippen LogP contribution in [0.4, 0.5) is 0 Å². The fourth-order valence-electron chi connectivity index (χ4n) is 1.78. The number of hydrogen-bond acceptors (Lipinski definition) is 5. The van der Waals surface area contributed by atoms with Gasteiger partial charge in [-0.2, -0.15) is 0 Å². The molecule has 112 valence electrons. The van der Waals surface area contributed by atoms with Gasteiger partial charge in [0.1, 0.15) is 4.88 Å². The van der Waals surface area contributed by atoms with E-state index in [9.17, 15) is 9.59 Å². The van der Waals surface area contributed by atoms with E-state index in [0.717, 1.165) is 10.1 Å². The predicted octanol–water partition coefficient (Wildman–Crippen LogP) is 4.12. The van der Waals surface area contributed by atoms with Crippen molar-refractivity contribution in [2.45, 2.75) is 13.8 Å². The van der Waals surface area contributed by atoms with E-state index in [1.807, 2.05) is 13.8 Å². The molecule has 1 aromatic heterocycles. The Kier molecular flexibility index (Phi) is 5.42. The number of benzene rings is 1. The highest BCUT2D eigenvalue weighted by Crippen LogP contribution is 2.42. The number of rotatable bonds is 7. The number of fused-ring (bicyclic) bond motifs is 1. The molecule has 0 aliphatic carbocycles. The Bertz CT molecular complexity index is 660. The first-order chi connectivity index (χ1) is 10.1. The Hall–Kier alpha value is -1.33. The number of hydrogen-bond donors (Lipinski definition) is 1. The number of carboxylic acid groups (broad SMARTS) is 1. The van der Waals surface area contributed by atoms with Crippen molar-refractivity contribution in [3.8, 4) is 0 Å². The zero-order valence-electron chi connectivity index (χ0n) is 11.7. The summed E-state index contributed by atoms with van der Waals surface area (Å²) in [4.78, 5) is 23.6. The van der Waals surface area contributed by atoms with Crippen LogP contribution in [0, 0.1) is 0 Å². The highest BCUT2D eigenvalue weighted by molar-refractivity contribution is 7.66. The lowest BCUT2D eigenvalue weighted by Crippen LogP contribution is -2.03. The molecule has 21 heavy (non-hydrogen) atoms. The van der Waals surface area contributed by atoms with Gasteiger partial charge in [-0.25, -0.2) is 4.79 Å². The molecule has 0 aliphatic heterocycles. The molecule has 0 bridgehead atoms. The van der Waals surface area contributed by atoms with E-state index >= 15 is 0 Å². The average Bonchev–Trinajstić information content (AvgIpc) is 2.89. The van der Waals surface area contributed by atoms with E-state index < -0.39 is 14.3 Å². The first kappa shape index (κ1) is 16.0. The van der Waals surface area contributed by atoms with E-state index in [4.69, 9.17) is 14.2 Å². The molecule has 1 heterocycles. The fourth-order valence-corrected chi connectivity index (χ4v) is 3.79. The minimum atomic E-state index is -1.61. The highest BCUT2D eigenvalue weighted by Gasteiger charge is 2.23. The highest BCUT2D eigenvalue weighted by atomic mass is 32.1. The van der Waals surface area contributed by atoms with Crippen LogP contribution in [-0.2, 0) is 9.05 Å². The van der Waals surface area contributed by atoms with Gasteiger partial charge in [0.05, 0.1) is 13.2 Å². The van der Waals surface area contributed by atoms with Gasteiger partial charge < -0.3 is 14.2 Å². The van der Waals surface area contributed by atoms with Crippen LogP contribution in [0.5, 0.6) is 0 Å². The van der Waals surface area contributed by atoms with E-state index in [1.165, 1.54) is 11.3 Å². The van der Waals surface area contributed by atoms with E-state index in [1.54, 1.807) is 24.3 Å². The maximum Gasteiger partial charge on any atom is 0.345 e. The maximum atomic E-state index is 12.4. The monoisotopic (exact) mass is 326 g/mol. The summed E-state index contributed by atoms with van der Waals surface area (Å²) in [5.74, 6) is -0.963. The summed E-state index contributed by atoms with van der Waals surface area (Å²) >= 11 is 1.19. The molecule has 7 heteroatoms. The van der Waals surface area contributed by atoms with Crippen molar-refractivity contribution in [2.75, 3.05) is 13.2 Å². The third kappa shape index (κ3) is 3.66. The quantitative estimate of drug-likeness (QED) is 0.775. The second-order valence-corrected chi connectivity index (χ2v) is 6.59. The first-order valence-corrected chi connectivity index (χ1v) is 8.43. The summed E-state index contributed by atoms with van der Waals surface area (Å²) in [6.45, 7) is 4.42. The summed E-state index contributed by atoms with van der Waals surface area (Å²) in [5, 5.41) is 9.74. The number of carboxylic acids is 1. The molecule has 0 fully saturated rings. The van der Waals surface area contributed by atoms with Crippen LogP contribution in [0.15, 0.2) is 24.3 Å². The van der Waals surface area contributed by atoms with Crippen molar-refractivity contribution < 1.29 is 23.7 Å².